The number of nitrogens with one attached hydrogen (secondary N) is 2. The van der Waals surface area contributed by atoms with Crippen LogP contribution in [-0.2, 0) is 14.8 Å². The van der Waals surface area contributed by atoms with Crippen molar-refractivity contribution in [3.8, 4) is 0 Å². The van der Waals surface area contributed by atoms with Crippen LogP contribution in [0.1, 0.15) is 38.5 Å². The van der Waals surface area contributed by atoms with Crippen molar-refractivity contribution in [2.75, 3.05) is 25.0 Å². The van der Waals surface area contributed by atoms with Crippen LogP contribution < -0.4 is 10.6 Å². The lowest BCUT2D eigenvalue weighted by atomic mass is 10.1. The highest BCUT2D eigenvalue weighted by Gasteiger charge is 2.30. The summed E-state index contributed by atoms with van der Waals surface area (Å²) in [5, 5.41) is 17.2. The number of nitro benzene ring substituents is 1. The third-order valence-electron chi connectivity index (χ3n) is 4.98. The Hall–Kier alpha value is -2.20. The molecule has 0 spiro atoms. The van der Waals surface area contributed by atoms with E-state index in [9.17, 15) is 23.3 Å². The molecule has 2 heterocycles. The summed E-state index contributed by atoms with van der Waals surface area (Å²) >= 11 is 0. The first kappa shape index (κ1) is 19.6. The number of carbonyl (C=O) groups is 1. The average Bonchev–Trinajstić information content (AvgIpc) is 2.87. The summed E-state index contributed by atoms with van der Waals surface area (Å²) in [4.78, 5) is 22.9. The number of anilines is 1. The van der Waals surface area contributed by atoms with Crippen LogP contribution in [0.15, 0.2) is 23.1 Å². The Balaban J connectivity index is 1.88. The summed E-state index contributed by atoms with van der Waals surface area (Å²) in [6.07, 6.45) is 4.81. The Morgan fingerprint density at radius 2 is 1.89 bits per heavy atom. The van der Waals surface area contributed by atoms with Gasteiger partial charge in [-0.1, -0.05) is 6.42 Å². The Morgan fingerprint density at radius 1 is 1.15 bits per heavy atom. The number of benzene rings is 1. The molecular formula is C17H24N4O5S. The smallest absolute Gasteiger partial charge is 0.293 e. The standard InChI is InChI=1S/C17H24N4O5S/c22-17-15(6-2-3-9-18-17)19-14-8-7-13(12-16(14)21(23)24)27(25,26)20-10-4-1-5-11-20/h7-8,12,15,19H,1-6,9-11H2,(H,18,22). The molecule has 0 aliphatic carbocycles. The number of nitro groups is 1. The predicted octanol–water partition coefficient (Wildman–Crippen LogP) is 1.85. The van der Waals surface area contributed by atoms with Gasteiger partial charge in [0.05, 0.1) is 9.82 Å². The molecule has 3 rings (SSSR count). The number of sulfonamides is 1. The Morgan fingerprint density at radius 3 is 2.59 bits per heavy atom. The monoisotopic (exact) mass is 396 g/mol. The predicted molar refractivity (Wildman–Crippen MR) is 100.0 cm³/mol. The van der Waals surface area contributed by atoms with Crippen molar-refractivity contribution in [2.45, 2.75) is 49.5 Å². The van der Waals surface area contributed by atoms with E-state index < -0.39 is 21.0 Å². The summed E-state index contributed by atoms with van der Waals surface area (Å²) in [6.45, 7) is 1.45. The van der Waals surface area contributed by atoms with E-state index in [2.05, 4.69) is 10.6 Å². The van der Waals surface area contributed by atoms with E-state index in [0.29, 0.717) is 26.1 Å². The SMILES string of the molecule is O=C1NCCCCC1Nc1ccc(S(=O)(=O)N2CCCCC2)cc1[N+](=O)[O-]. The first-order valence-corrected chi connectivity index (χ1v) is 10.7. The van der Waals surface area contributed by atoms with E-state index in [1.807, 2.05) is 0 Å². The lowest BCUT2D eigenvalue weighted by Crippen LogP contribution is -2.38. The zero-order valence-corrected chi connectivity index (χ0v) is 15.8. The fraction of sp³-hybridized carbons (Fsp3) is 0.588. The maximum Gasteiger partial charge on any atom is 0.293 e. The zero-order chi connectivity index (χ0) is 19.4. The van der Waals surface area contributed by atoms with Crippen LogP contribution in [0, 0.1) is 10.1 Å². The van der Waals surface area contributed by atoms with Crippen molar-refractivity contribution in [1.29, 1.82) is 0 Å². The lowest BCUT2D eigenvalue weighted by molar-refractivity contribution is -0.384. The van der Waals surface area contributed by atoms with Gasteiger partial charge in [0.15, 0.2) is 0 Å². The molecule has 10 heteroatoms. The van der Waals surface area contributed by atoms with Gasteiger partial charge in [-0.3, -0.25) is 14.9 Å². The summed E-state index contributed by atoms with van der Waals surface area (Å²) in [5.41, 5.74) is -0.190. The highest BCUT2D eigenvalue weighted by molar-refractivity contribution is 7.89. The van der Waals surface area contributed by atoms with E-state index in [4.69, 9.17) is 0 Å². The highest BCUT2D eigenvalue weighted by Crippen LogP contribution is 2.31. The van der Waals surface area contributed by atoms with Crippen LogP contribution in [0.3, 0.4) is 0 Å². The third-order valence-corrected chi connectivity index (χ3v) is 6.88. The molecule has 1 aromatic rings. The Kier molecular flexibility index (Phi) is 5.95. The molecule has 1 unspecified atom stereocenters. The number of hydrogen-bond acceptors (Lipinski definition) is 6. The molecule has 1 aromatic carbocycles. The van der Waals surface area contributed by atoms with E-state index in [1.165, 1.54) is 16.4 Å². The molecule has 2 fully saturated rings. The number of rotatable bonds is 5. The molecule has 1 amide bonds. The van der Waals surface area contributed by atoms with E-state index >= 15 is 0 Å². The molecule has 2 saturated heterocycles. The fourth-order valence-electron chi connectivity index (χ4n) is 3.46. The van der Waals surface area contributed by atoms with Crippen molar-refractivity contribution >= 4 is 27.3 Å². The van der Waals surface area contributed by atoms with Crippen molar-refractivity contribution in [2.24, 2.45) is 0 Å². The van der Waals surface area contributed by atoms with Crippen molar-refractivity contribution in [1.82, 2.24) is 9.62 Å². The molecule has 2 aliphatic heterocycles. The van der Waals surface area contributed by atoms with Crippen molar-refractivity contribution in [3.63, 3.8) is 0 Å². The largest absolute Gasteiger partial charge is 0.368 e. The number of hydrogen-bond donors (Lipinski definition) is 2. The topological polar surface area (TPSA) is 122 Å². The average molecular weight is 396 g/mol. The second-order valence-corrected chi connectivity index (χ2v) is 8.82. The van der Waals surface area contributed by atoms with Crippen LogP contribution >= 0.6 is 0 Å². The number of carbonyl (C=O) groups excluding carboxylic acids is 1. The summed E-state index contributed by atoms with van der Waals surface area (Å²) < 4.78 is 26.9. The summed E-state index contributed by atoms with van der Waals surface area (Å²) in [6, 6.07) is 3.26. The zero-order valence-electron chi connectivity index (χ0n) is 15.0. The minimum absolute atomic E-state index is 0.0908. The maximum atomic E-state index is 12.8. The molecular weight excluding hydrogens is 372 g/mol. The first-order valence-electron chi connectivity index (χ1n) is 9.22. The van der Waals surface area contributed by atoms with Crippen LogP contribution in [-0.4, -0.2) is 49.2 Å². The van der Waals surface area contributed by atoms with Crippen LogP contribution in [0.25, 0.3) is 0 Å². The van der Waals surface area contributed by atoms with Gasteiger partial charge in [-0.05, 0) is 44.2 Å². The second-order valence-electron chi connectivity index (χ2n) is 6.88. The molecule has 0 radical (unpaired) electrons. The molecule has 0 saturated carbocycles. The maximum absolute atomic E-state index is 12.8. The molecule has 9 nitrogen and oxygen atoms in total. The Bertz CT molecular complexity index is 821. The molecule has 1 atom stereocenters. The van der Waals surface area contributed by atoms with Gasteiger partial charge in [0.25, 0.3) is 5.69 Å². The van der Waals surface area contributed by atoms with Crippen molar-refractivity contribution < 1.29 is 18.1 Å². The van der Waals surface area contributed by atoms with Gasteiger partial charge in [0.1, 0.15) is 11.7 Å². The van der Waals surface area contributed by atoms with Crippen molar-refractivity contribution in [3.05, 3.63) is 28.3 Å². The van der Waals surface area contributed by atoms with E-state index in [-0.39, 0.29) is 22.2 Å². The van der Waals surface area contributed by atoms with Gasteiger partial charge in [0, 0.05) is 25.7 Å². The Labute approximate surface area is 158 Å². The third kappa shape index (κ3) is 4.38. The molecule has 0 bridgehead atoms. The molecule has 0 aromatic heterocycles. The first-order chi connectivity index (χ1) is 12.9. The number of amides is 1. The highest BCUT2D eigenvalue weighted by atomic mass is 32.2. The van der Waals surface area contributed by atoms with Crippen LogP contribution in [0.2, 0.25) is 0 Å². The summed E-state index contributed by atoms with van der Waals surface area (Å²) in [5.74, 6) is -0.202. The normalized spacial score (nSPS) is 21.9. The van der Waals surface area contributed by atoms with Gasteiger partial charge in [-0.15, -0.1) is 0 Å². The minimum atomic E-state index is -3.76. The van der Waals surface area contributed by atoms with Crippen LogP contribution in [0.5, 0.6) is 0 Å². The van der Waals surface area contributed by atoms with Gasteiger partial charge < -0.3 is 10.6 Å². The molecule has 2 N–H and O–H groups in total. The minimum Gasteiger partial charge on any atom is -0.368 e. The summed E-state index contributed by atoms with van der Waals surface area (Å²) in [7, 11) is -3.76. The lowest BCUT2D eigenvalue weighted by Gasteiger charge is -2.26. The number of piperidine rings is 1. The fourth-order valence-corrected chi connectivity index (χ4v) is 5.00. The second kappa shape index (κ2) is 8.22. The van der Waals surface area contributed by atoms with E-state index in [1.54, 1.807) is 0 Å². The van der Waals surface area contributed by atoms with Gasteiger partial charge >= 0.3 is 0 Å². The van der Waals surface area contributed by atoms with Gasteiger partial charge in [0.2, 0.25) is 15.9 Å². The molecule has 2 aliphatic rings. The van der Waals surface area contributed by atoms with Gasteiger partial charge in [-0.2, -0.15) is 4.31 Å². The quantitative estimate of drug-likeness (QED) is 0.579. The number of nitrogens with zero attached hydrogens (tertiary/aromatic N) is 2. The van der Waals surface area contributed by atoms with E-state index in [0.717, 1.165) is 38.2 Å². The molecule has 27 heavy (non-hydrogen) atoms. The molecule has 148 valence electrons. The van der Waals surface area contributed by atoms with Crippen LogP contribution in [0.4, 0.5) is 11.4 Å². The van der Waals surface area contributed by atoms with Gasteiger partial charge in [-0.25, -0.2) is 8.42 Å².